The summed E-state index contributed by atoms with van der Waals surface area (Å²) in [5, 5.41) is 11.6. The molecule has 0 saturated heterocycles. The van der Waals surface area contributed by atoms with Crippen LogP contribution in [0.5, 0.6) is 0 Å². The number of aryl methyl sites for hydroxylation is 1. The third-order valence-corrected chi connectivity index (χ3v) is 11.0. The summed E-state index contributed by atoms with van der Waals surface area (Å²) in [6.45, 7) is 2.19. The minimum absolute atomic E-state index is 0.858. The molecular formula is C47H32BN3. The van der Waals surface area contributed by atoms with Crippen molar-refractivity contribution in [1.29, 1.82) is 0 Å². The third kappa shape index (κ3) is 4.02. The molecule has 8 aromatic carbocycles. The first-order valence-corrected chi connectivity index (χ1v) is 17.8. The predicted octanol–water partition coefficient (Wildman–Crippen LogP) is 10.5. The number of aromatic nitrogens is 2. The van der Waals surface area contributed by atoms with Crippen molar-refractivity contribution in [3.63, 3.8) is 0 Å². The number of nitrogens with one attached hydrogen (secondary N) is 1. The molecule has 11 rings (SSSR count). The van der Waals surface area contributed by atoms with Crippen LogP contribution in [0.15, 0.2) is 164 Å². The maximum absolute atomic E-state index is 4.04. The highest BCUT2D eigenvalue weighted by molar-refractivity contribution is 6.74. The monoisotopic (exact) mass is 649 g/mol. The lowest BCUT2D eigenvalue weighted by molar-refractivity contribution is 1.18. The third-order valence-electron chi connectivity index (χ3n) is 11.0. The van der Waals surface area contributed by atoms with Crippen LogP contribution in [-0.4, -0.2) is 16.4 Å². The van der Waals surface area contributed by atoms with Crippen molar-refractivity contribution >= 4 is 84.0 Å². The fourth-order valence-corrected chi connectivity index (χ4v) is 8.82. The van der Waals surface area contributed by atoms with Crippen LogP contribution in [-0.2, 0) is 0 Å². The topological polar surface area (TPSA) is 21.9 Å². The van der Waals surface area contributed by atoms with Crippen molar-refractivity contribution in [2.24, 2.45) is 0 Å². The van der Waals surface area contributed by atoms with Crippen LogP contribution in [0.4, 0.5) is 11.4 Å². The van der Waals surface area contributed by atoms with Gasteiger partial charge in [0.15, 0.2) is 7.28 Å². The molecule has 2 aromatic heterocycles. The second-order valence-corrected chi connectivity index (χ2v) is 13.8. The van der Waals surface area contributed by atoms with Crippen molar-refractivity contribution in [2.45, 2.75) is 6.92 Å². The fourth-order valence-electron chi connectivity index (χ4n) is 8.82. The van der Waals surface area contributed by atoms with E-state index in [9.17, 15) is 0 Å². The van der Waals surface area contributed by atoms with Gasteiger partial charge in [-0.05, 0) is 71.4 Å². The van der Waals surface area contributed by atoms with Crippen molar-refractivity contribution in [3.05, 3.63) is 169 Å². The van der Waals surface area contributed by atoms with E-state index in [4.69, 9.17) is 0 Å². The Bertz CT molecular complexity index is 3040. The molecular weight excluding hydrogens is 617 g/mol. The average molecular weight is 650 g/mol. The van der Waals surface area contributed by atoms with Crippen LogP contribution in [0.3, 0.4) is 0 Å². The van der Waals surface area contributed by atoms with Gasteiger partial charge in [-0.2, -0.15) is 0 Å². The van der Waals surface area contributed by atoms with E-state index in [2.05, 4.69) is 185 Å². The van der Waals surface area contributed by atoms with E-state index >= 15 is 0 Å². The normalized spacial score (nSPS) is 12.2. The zero-order valence-corrected chi connectivity index (χ0v) is 28.2. The molecule has 51 heavy (non-hydrogen) atoms. The van der Waals surface area contributed by atoms with Gasteiger partial charge in [0.2, 0.25) is 0 Å². The molecule has 10 aromatic rings. The van der Waals surface area contributed by atoms with E-state index < -0.39 is 0 Å². The minimum atomic E-state index is 0.858. The molecule has 0 amide bonds. The number of benzene rings is 8. The molecule has 1 aliphatic heterocycles. The Balaban J connectivity index is 1.30. The second kappa shape index (κ2) is 10.7. The lowest BCUT2D eigenvalue weighted by Crippen LogP contribution is -2.37. The second-order valence-electron chi connectivity index (χ2n) is 13.8. The average Bonchev–Trinajstić information content (AvgIpc) is 3.70. The van der Waals surface area contributed by atoms with Gasteiger partial charge < -0.3 is 14.5 Å². The van der Waals surface area contributed by atoms with E-state index in [1.54, 1.807) is 0 Å². The van der Waals surface area contributed by atoms with Crippen molar-refractivity contribution in [2.75, 3.05) is 5.32 Å². The molecule has 0 atom stereocenters. The molecule has 0 bridgehead atoms. The van der Waals surface area contributed by atoms with E-state index in [0.717, 1.165) is 24.3 Å². The molecule has 0 fully saturated rings. The highest BCUT2D eigenvalue weighted by atomic mass is 15.0. The summed E-state index contributed by atoms with van der Waals surface area (Å²) < 4.78 is 4.96. The number of hydrogen-bond donors (Lipinski definition) is 1. The van der Waals surface area contributed by atoms with Gasteiger partial charge in [0.25, 0.3) is 0 Å². The number of nitrogens with zero attached hydrogens (tertiary/aromatic N) is 2. The van der Waals surface area contributed by atoms with Crippen molar-refractivity contribution in [1.82, 2.24) is 9.13 Å². The van der Waals surface area contributed by atoms with Gasteiger partial charge in [-0.25, -0.2) is 0 Å². The largest absolute Gasteiger partial charge is 0.354 e. The highest BCUT2D eigenvalue weighted by Crippen LogP contribution is 2.45. The van der Waals surface area contributed by atoms with E-state index in [0.29, 0.717) is 0 Å². The zero-order valence-electron chi connectivity index (χ0n) is 28.2. The molecule has 0 saturated carbocycles. The SMILES string of the molecule is Cc1ccccc1Nc1c(-c2cc3ccccc3c3c2Bc2cccc4c5ccccc5n-3c24)ccc2c1c1ccccc1n2-c1ccccc1. The number of rotatable bonds is 4. The first-order chi connectivity index (χ1) is 25.2. The number of hydrogen-bond acceptors (Lipinski definition) is 1. The van der Waals surface area contributed by atoms with Crippen LogP contribution in [0, 0.1) is 6.92 Å². The quantitative estimate of drug-likeness (QED) is 0.188. The van der Waals surface area contributed by atoms with Crippen LogP contribution in [0.2, 0.25) is 0 Å². The number of para-hydroxylation sites is 5. The Morgan fingerprint density at radius 3 is 2.04 bits per heavy atom. The lowest BCUT2D eigenvalue weighted by atomic mass is 9.58. The van der Waals surface area contributed by atoms with E-state index in [1.807, 2.05) is 0 Å². The van der Waals surface area contributed by atoms with Gasteiger partial charge in [-0.3, -0.25) is 0 Å². The van der Waals surface area contributed by atoms with Gasteiger partial charge in [0.1, 0.15) is 0 Å². The minimum Gasteiger partial charge on any atom is -0.354 e. The lowest BCUT2D eigenvalue weighted by Gasteiger charge is -2.26. The molecule has 0 unspecified atom stereocenters. The summed E-state index contributed by atoms with van der Waals surface area (Å²) in [6.07, 6.45) is 0. The first-order valence-electron chi connectivity index (χ1n) is 17.8. The van der Waals surface area contributed by atoms with Gasteiger partial charge in [-0.15, -0.1) is 0 Å². The summed E-state index contributed by atoms with van der Waals surface area (Å²) >= 11 is 0. The highest BCUT2D eigenvalue weighted by Gasteiger charge is 2.29. The summed E-state index contributed by atoms with van der Waals surface area (Å²) in [5.41, 5.74) is 16.0. The molecule has 3 nitrogen and oxygen atoms in total. The smallest absolute Gasteiger partial charge is 0.198 e. The Morgan fingerprint density at radius 1 is 0.510 bits per heavy atom. The number of anilines is 2. The van der Waals surface area contributed by atoms with E-state index in [1.165, 1.54) is 87.7 Å². The molecule has 3 heterocycles. The Kier molecular flexibility index (Phi) is 5.97. The van der Waals surface area contributed by atoms with Gasteiger partial charge in [0, 0.05) is 55.1 Å². The standard InChI is InChI=1S/C47H32BN3/c1-29-14-5-10-23-39(29)49-45-34(26-27-42-43(45)36-20-9-12-25-41(36)50(42)31-16-3-2-4-17-31)37-28-30-15-6-7-18-32(30)47-44(37)48-38-22-13-21-35-33-19-8-11-24-40(33)51(47)46(35)38/h2-28,48-49H,1H3. The van der Waals surface area contributed by atoms with Gasteiger partial charge in [0.05, 0.1) is 22.2 Å². The van der Waals surface area contributed by atoms with Crippen LogP contribution < -0.4 is 16.2 Å². The molecule has 238 valence electrons. The molecule has 1 aliphatic rings. The maximum atomic E-state index is 4.04. The molecule has 1 N–H and O–H groups in total. The summed E-state index contributed by atoms with van der Waals surface area (Å²) in [7, 11) is 0.858. The first kappa shape index (κ1) is 28.3. The summed E-state index contributed by atoms with van der Waals surface area (Å²) in [5.74, 6) is 0. The Hall–Kier alpha value is -6.52. The van der Waals surface area contributed by atoms with Crippen LogP contribution in [0.1, 0.15) is 5.56 Å². The Morgan fingerprint density at radius 2 is 1.20 bits per heavy atom. The van der Waals surface area contributed by atoms with Crippen molar-refractivity contribution in [3.8, 4) is 22.5 Å². The fraction of sp³-hybridized carbons (Fsp3) is 0.0213. The Labute approximate surface area is 296 Å². The van der Waals surface area contributed by atoms with Crippen molar-refractivity contribution < 1.29 is 0 Å². The van der Waals surface area contributed by atoms with Crippen LogP contribution in [0.25, 0.3) is 76.9 Å². The molecule has 0 aliphatic carbocycles. The maximum Gasteiger partial charge on any atom is 0.198 e. The van der Waals surface area contributed by atoms with E-state index in [-0.39, 0.29) is 0 Å². The molecule has 4 heteroatoms. The van der Waals surface area contributed by atoms with Gasteiger partial charge in [-0.1, -0.05) is 127 Å². The zero-order chi connectivity index (χ0) is 33.6. The predicted molar refractivity (Wildman–Crippen MR) is 219 cm³/mol. The van der Waals surface area contributed by atoms with Gasteiger partial charge >= 0.3 is 0 Å². The summed E-state index contributed by atoms with van der Waals surface area (Å²) in [6, 6.07) is 60.0. The molecule has 0 radical (unpaired) electrons. The number of fused-ring (bicyclic) bond motifs is 10. The summed E-state index contributed by atoms with van der Waals surface area (Å²) in [4.78, 5) is 0. The molecule has 0 spiro atoms. The van der Waals surface area contributed by atoms with Crippen LogP contribution >= 0.6 is 0 Å².